The fourth-order valence-electron chi connectivity index (χ4n) is 2.18. The normalized spacial score (nSPS) is 21.7. The van der Waals surface area contributed by atoms with Gasteiger partial charge in [-0.2, -0.15) is 0 Å². The largest absolute Gasteiger partial charge is 0.507 e. The van der Waals surface area contributed by atoms with Crippen molar-refractivity contribution in [2.75, 3.05) is 20.3 Å². The standard InChI is InChI=1S/C13H14ClNO5/c1-15(10-6-20-5-9(10)13(18)19)12(17)8-4-7(14)2-3-11(8)16/h2-4,9-10,16H,5-6H2,1H3,(H,18,19). The number of carbonyl (C=O) groups excluding carboxylic acids is 1. The molecule has 1 saturated heterocycles. The lowest BCUT2D eigenvalue weighted by Crippen LogP contribution is -2.44. The number of carboxylic acid groups (broad SMARTS) is 1. The number of carbonyl (C=O) groups is 2. The predicted molar refractivity (Wildman–Crippen MR) is 70.9 cm³/mol. The van der Waals surface area contributed by atoms with Gasteiger partial charge in [-0.1, -0.05) is 11.6 Å². The summed E-state index contributed by atoms with van der Waals surface area (Å²) in [6.45, 7) is 0.222. The van der Waals surface area contributed by atoms with E-state index in [1.807, 2.05) is 0 Å². The molecule has 2 atom stereocenters. The summed E-state index contributed by atoms with van der Waals surface area (Å²) in [6, 6.07) is 3.56. The van der Waals surface area contributed by atoms with Crippen molar-refractivity contribution in [3.63, 3.8) is 0 Å². The molecule has 0 aromatic heterocycles. The zero-order chi connectivity index (χ0) is 14.9. The lowest BCUT2D eigenvalue weighted by Gasteiger charge is -2.26. The van der Waals surface area contributed by atoms with Gasteiger partial charge in [0.2, 0.25) is 0 Å². The van der Waals surface area contributed by atoms with E-state index < -0.39 is 23.8 Å². The lowest BCUT2D eigenvalue weighted by molar-refractivity contribution is -0.142. The molecule has 20 heavy (non-hydrogen) atoms. The van der Waals surface area contributed by atoms with Crippen LogP contribution in [0.1, 0.15) is 10.4 Å². The number of carboxylic acids is 1. The third-order valence-electron chi connectivity index (χ3n) is 3.37. The number of nitrogens with zero attached hydrogens (tertiary/aromatic N) is 1. The molecule has 1 amide bonds. The van der Waals surface area contributed by atoms with Crippen LogP contribution in [0.25, 0.3) is 0 Å². The van der Waals surface area contributed by atoms with Gasteiger partial charge in [-0.25, -0.2) is 0 Å². The molecule has 0 spiro atoms. The van der Waals surface area contributed by atoms with Gasteiger partial charge in [0.25, 0.3) is 5.91 Å². The third kappa shape index (κ3) is 2.71. The zero-order valence-corrected chi connectivity index (χ0v) is 11.5. The Morgan fingerprint density at radius 1 is 1.40 bits per heavy atom. The number of hydrogen-bond acceptors (Lipinski definition) is 4. The van der Waals surface area contributed by atoms with Crippen molar-refractivity contribution in [3.8, 4) is 5.75 Å². The summed E-state index contributed by atoms with van der Waals surface area (Å²) in [6.07, 6.45) is 0. The molecule has 1 fully saturated rings. The number of rotatable bonds is 3. The molecule has 0 radical (unpaired) electrons. The van der Waals surface area contributed by atoms with E-state index in [4.69, 9.17) is 21.4 Å². The van der Waals surface area contributed by atoms with E-state index >= 15 is 0 Å². The number of amides is 1. The van der Waals surface area contributed by atoms with Crippen LogP contribution in [0.5, 0.6) is 5.75 Å². The van der Waals surface area contributed by atoms with E-state index in [9.17, 15) is 14.7 Å². The molecule has 0 aliphatic carbocycles. The Labute approximate surface area is 120 Å². The zero-order valence-electron chi connectivity index (χ0n) is 10.7. The third-order valence-corrected chi connectivity index (χ3v) is 3.61. The molecular formula is C13H14ClNO5. The van der Waals surface area contributed by atoms with Crippen molar-refractivity contribution in [2.24, 2.45) is 5.92 Å². The average Bonchev–Trinajstić information content (AvgIpc) is 2.89. The molecule has 1 aliphatic rings. The molecule has 2 rings (SSSR count). The monoisotopic (exact) mass is 299 g/mol. The number of aliphatic carboxylic acids is 1. The van der Waals surface area contributed by atoms with E-state index in [0.29, 0.717) is 5.02 Å². The lowest BCUT2D eigenvalue weighted by atomic mass is 10.0. The van der Waals surface area contributed by atoms with Gasteiger partial charge in [-0.15, -0.1) is 0 Å². The number of aromatic hydroxyl groups is 1. The quantitative estimate of drug-likeness (QED) is 0.876. The van der Waals surface area contributed by atoms with Gasteiger partial charge in [0.15, 0.2) is 0 Å². The van der Waals surface area contributed by atoms with Gasteiger partial charge in [-0.05, 0) is 18.2 Å². The first-order chi connectivity index (χ1) is 9.41. The van der Waals surface area contributed by atoms with Gasteiger partial charge in [-0.3, -0.25) is 9.59 Å². The Kier molecular flexibility index (Phi) is 4.15. The minimum atomic E-state index is -1.01. The first-order valence-electron chi connectivity index (χ1n) is 5.98. The van der Waals surface area contributed by atoms with Crippen LogP contribution >= 0.6 is 11.6 Å². The first-order valence-corrected chi connectivity index (χ1v) is 6.36. The SMILES string of the molecule is CN(C(=O)c1cc(Cl)ccc1O)C1COCC1C(=O)O. The molecule has 1 aliphatic heterocycles. The topological polar surface area (TPSA) is 87.1 Å². The molecule has 1 heterocycles. The summed E-state index contributed by atoms with van der Waals surface area (Å²) in [5, 5.41) is 19.1. The second-order valence-electron chi connectivity index (χ2n) is 4.63. The maximum absolute atomic E-state index is 12.3. The highest BCUT2D eigenvalue weighted by molar-refractivity contribution is 6.31. The van der Waals surface area contributed by atoms with Gasteiger partial charge < -0.3 is 19.8 Å². The van der Waals surface area contributed by atoms with Gasteiger partial charge >= 0.3 is 5.97 Å². The van der Waals surface area contributed by atoms with Crippen LogP contribution in [0.4, 0.5) is 0 Å². The van der Waals surface area contributed by atoms with Crippen molar-refractivity contribution in [3.05, 3.63) is 28.8 Å². The van der Waals surface area contributed by atoms with Crippen LogP contribution in [0, 0.1) is 5.92 Å². The molecule has 1 aromatic carbocycles. The predicted octanol–water partition coefficient (Wildman–Crippen LogP) is 1.22. The highest BCUT2D eigenvalue weighted by atomic mass is 35.5. The molecule has 7 heteroatoms. The van der Waals surface area contributed by atoms with Gasteiger partial charge in [0, 0.05) is 12.1 Å². The molecule has 6 nitrogen and oxygen atoms in total. The van der Waals surface area contributed by atoms with Crippen molar-refractivity contribution in [2.45, 2.75) is 6.04 Å². The van der Waals surface area contributed by atoms with Gasteiger partial charge in [0.05, 0.1) is 24.8 Å². The van der Waals surface area contributed by atoms with Crippen LogP contribution in [0.3, 0.4) is 0 Å². The van der Waals surface area contributed by atoms with Crippen molar-refractivity contribution >= 4 is 23.5 Å². The van der Waals surface area contributed by atoms with Crippen molar-refractivity contribution in [1.82, 2.24) is 4.90 Å². The second-order valence-corrected chi connectivity index (χ2v) is 5.06. The maximum Gasteiger partial charge on any atom is 0.311 e. The Morgan fingerprint density at radius 3 is 2.75 bits per heavy atom. The maximum atomic E-state index is 12.3. The molecule has 2 unspecified atom stereocenters. The molecule has 2 N–H and O–H groups in total. The average molecular weight is 300 g/mol. The number of phenolic OH excluding ortho intramolecular Hbond substituents is 1. The molecular weight excluding hydrogens is 286 g/mol. The minimum Gasteiger partial charge on any atom is -0.507 e. The Balaban J connectivity index is 2.24. The molecule has 0 saturated carbocycles. The number of hydrogen-bond donors (Lipinski definition) is 2. The van der Waals surface area contributed by atoms with E-state index in [0.717, 1.165) is 0 Å². The van der Waals surface area contributed by atoms with Crippen LogP contribution in [-0.2, 0) is 9.53 Å². The Morgan fingerprint density at radius 2 is 2.10 bits per heavy atom. The number of likely N-dealkylation sites (N-methyl/N-ethyl adjacent to an activating group) is 1. The summed E-state index contributed by atoms with van der Waals surface area (Å²) in [5.74, 6) is -2.48. The summed E-state index contributed by atoms with van der Waals surface area (Å²) in [5.41, 5.74) is 0.0380. The van der Waals surface area contributed by atoms with E-state index in [-0.39, 0.29) is 24.5 Å². The fourth-order valence-corrected chi connectivity index (χ4v) is 2.35. The van der Waals surface area contributed by atoms with Crippen LogP contribution in [-0.4, -0.2) is 53.3 Å². The van der Waals surface area contributed by atoms with Crippen LogP contribution in [0.15, 0.2) is 18.2 Å². The summed E-state index contributed by atoms with van der Waals surface area (Å²) >= 11 is 5.80. The minimum absolute atomic E-state index is 0.0380. The van der Waals surface area contributed by atoms with E-state index in [1.54, 1.807) is 0 Å². The first kappa shape index (κ1) is 14.6. The van der Waals surface area contributed by atoms with Gasteiger partial charge in [0.1, 0.15) is 11.7 Å². The van der Waals surface area contributed by atoms with Crippen molar-refractivity contribution < 1.29 is 24.5 Å². The highest BCUT2D eigenvalue weighted by Gasteiger charge is 2.39. The molecule has 0 bridgehead atoms. The summed E-state index contributed by atoms with van der Waals surface area (Å²) < 4.78 is 5.13. The molecule has 1 aromatic rings. The number of ether oxygens (including phenoxy) is 1. The number of halogens is 1. The van der Waals surface area contributed by atoms with Crippen LogP contribution < -0.4 is 0 Å². The number of benzene rings is 1. The number of phenols is 1. The summed E-state index contributed by atoms with van der Waals surface area (Å²) in [4.78, 5) is 24.7. The second kappa shape index (κ2) is 5.68. The fraction of sp³-hybridized carbons (Fsp3) is 0.385. The van der Waals surface area contributed by atoms with Crippen molar-refractivity contribution in [1.29, 1.82) is 0 Å². The Bertz CT molecular complexity index is 548. The smallest absolute Gasteiger partial charge is 0.311 e. The Hall–Kier alpha value is -1.79. The van der Waals surface area contributed by atoms with Crippen LogP contribution in [0.2, 0.25) is 5.02 Å². The summed E-state index contributed by atoms with van der Waals surface area (Å²) in [7, 11) is 1.48. The highest BCUT2D eigenvalue weighted by Crippen LogP contribution is 2.26. The van der Waals surface area contributed by atoms with E-state index in [1.165, 1.54) is 30.1 Å². The molecule has 108 valence electrons. The van der Waals surface area contributed by atoms with E-state index in [2.05, 4.69) is 0 Å².